The number of anilines is 2. The molecule has 0 unspecified atom stereocenters. The Hall–Kier alpha value is -1.44. The van der Waals surface area contributed by atoms with Gasteiger partial charge in [0.2, 0.25) is 0 Å². The van der Waals surface area contributed by atoms with Gasteiger partial charge in [-0.1, -0.05) is 18.2 Å². The second-order valence-corrected chi connectivity index (χ2v) is 3.26. The van der Waals surface area contributed by atoms with Crippen molar-refractivity contribution in [3.8, 4) is 0 Å². The van der Waals surface area contributed by atoms with Crippen molar-refractivity contribution in [2.24, 2.45) is 0 Å². The Kier molecular flexibility index (Phi) is 1.97. The van der Waals surface area contributed by atoms with Gasteiger partial charge in [-0.25, -0.2) is 0 Å². The van der Waals surface area contributed by atoms with E-state index in [1.54, 1.807) is 0 Å². The molecule has 13 heavy (non-hydrogen) atoms. The molecule has 1 N–H and O–H groups in total. The summed E-state index contributed by atoms with van der Waals surface area (Å²) in [6, 6.07) is 6.38. The lowest BCUT2D eigenvalue weighted by Crippen LogP contribution is -2.15. The Labute approximate surface area is 78.9 Å². The first-order valence-electron chi connectivity index (χ1n) is 4.52. The zero-order valence-electron chi connectivity index (χ0n) is 8.04. The molecular weight excluding hydrogens is 160 g/mol. The molecule has 0 saturated carbocycles. The van der Waals surface area contributed by atoms with Crippen LogP contribution in [0.5, 0.6) is 0 Å². The molecule has 68 valence electrons. The summed E-state index contributed by atoms with van der Waals surface area (Å²) in [5, 5.41) is 3.21. The summed E-state index contributed by atoms with van der Waals surface area (Å²) < 4.78 is 0. The maximum absolute atomic E-state index is 3.21. The smallest absolute Gasteiger partial charge is 0.0674 e. The van der Waals surface area contributed by atoms with Crippen LogP contribution in [0.3, 0.4) is 0 Å². The van der Waals surface area contributed by atoms with Crippen molar-refractivity contribution in [3.05, 3.63) is 36.0 Å². The third-order valence-electron chi connectivity index (χ3n) is 2.41. The van der Waals surface area contributed by atoms with Crippen molar-refractivity contribution in [1.82, 2.24) is 0 Å². The first-order chi connectivity index (χ1) is 6.33. The largest absolute Gasteiger partial charge is 0.386 e. The molecule has 0 aliphatic carbocycles. The minimum absolute atomic E-state index is 1.04. The zero-order chi connectivity index (χ0) is 9.26. The van der Waals surface area contributed by atoms with Crippen LogP contribution in [0, 0.1) is 0 Å². The van der Waals surface area contributed by atoms with E-state index in [-0.39, 0.29) is 0 Å². The quantitative estimate of drug-likeness (QED) is 0.702. The van der Waals surface area contributed by atoms with Crippen molar-refractivity contribution in [2.45, 2.75) is 6.42 Å². The number of rotatable bonds is 1. The molecule has 1 aromatic carbocycles. The average molecular weight is 174 g/mol. The molecule has 0 aromatic heterocycles. The Morgan fingerprint density at radius 2 is 2.23 bits per heavy atom. The van der Waals surface area contributed by atoms with Crippen molar-refractivity contribution in [3.63, 3.8) is 0 Å². The molecule has 0 bridgehead atoms. The van der Waals surface area contributed by atoms with Gasteiger partial charge in [-0.15, -0.1) is 0 Å². The van der Waals surface area contributed by atoms with Gasteiger partial charge < -0.3 is 10.2 Å². The van der Waals surface area contributed by atoms with Gasteiger partial charge in [-0.05, 0) is 18.1 Å². The van der Waals surface area contributed by atoms with Crippen LogP contribution in [0.1, 0.15) is 5.56 Å². The summed E-state index contributed by atoms with van der Waals surface area (Å²) in [7, 11) is 4.04. The van der Waals surface area contributed by atoms with Gasteiger partial charge in [0, 0.05) is 20.3 Å². The van der Waals surface area contributed by atoms with E-state index < -0.39 is 0 Å². The summed E-state index contributed by atoms with van der Waals surface area (Å²) in [4.78, 5) is 2.16. The van der Waals surface area contributed by atoms with Gasteiger partial charge >= 0.3 is 0 Å². The highest BCUT2D eigenvalue weighted by atomic mass is 15.1. The second-order valence-electron chi connectivity index (χ2n) is 3.26. The fourth-order valence-corrected chi connectivity index (χ4v) is 1.79. The van der Waals surface area contributed by atoms with E-state index in [1.807, 2.05) is 7.05 Å². The molecule has 1 aromatic rings. The SMILES string of the molecule is CNc1cccc2c1N(C)C=CC2. The van der Waals surface area contributed by atoms with Crippen molar-refractivity contribution in [2.75, 3.05) is 24.3 Å². The molecule has 1 aliphatic rings. The highest BCUT2D eigenvalue weighted by Gasteiger charge is 2.12. The number of allylic oxidation sites excluding steroid dienone is 1. The molecule has 2 heteroatoms. The predicted molar refractivity (Wildman–Crippen MR) is 57.2 cm³/mol. The van der Waals surface area contributed by atoms with Gasteiger partial charge in [0.25, 0.3) is 0 Å². The van der Waals surface area contributed by atoms with Crippen LogP contribution in [-0.4, -0.2) is 14.1 Å². The number of nitrogens with one attached hydrogen (secondary N) is 1. The van der Waals surface area contributed by atoms with Crippen LogP contribution >= 0.6 is 0 Å². The summed E-state index contributed by atoms with van der Waals surface area (Å²) in [6.07, 6.45) is 5.33. The number of nitrogens with zero attached hydrogens (tertiary/aromatic N) is 1. The first-order valence-corrected chi connectivity index (χ1v) is 4.52. The normalized spacial score (nSPS) is 14.2. The zero-order valence-corrected chi connectivity index (χ0v) is 8.04. The predicted octanol–water partition coefficient (Wildman–Crippen LogP) is 2.23. The lowest BCUT2D eigenvalue weighted by atomic mass is 10.0. The van der Waals surface area contributed by atoms with Crippen molar-refractivity contribution < 1.29 is 0 Å². The minimum atomic E-state index is 1.04. The van der Waals surface area contributed by atoms with E-state index in [0.717, 1.165) is 6.42 Å². The van der Waals surface area contributed by atoms with Crippen molar-refractivity contribution >= 4 is 11.4 Å². The number of hydrogen-bond donors (Lipinski definition) is 1. The van der Waals surface area contributed by atoms with Crippen LogP contribution in [0.25, 0.3) is 0 Å². The van der Waals surface area contributed by atoms with Crippen LogP contribution in [-0.2, 0) is 6.42 Å². The maximum atomic E-state index is 3.21. The minimum Gasteiger partial charge on any atom is -0.386 e. The Bertz CT molecular complexity index is 342. The lowest BCUT2D eigenvalue weighted by molar-refractivity contribution is 1.09. The molecule has 0 spiro atoms. The van der Waals surface area contributed by atoms with Gasteiger partial charge in [-0.2, -0.15) is 0 Å². The van der Waals surface area contributed by atoms with E-state index in [0.29, 0.717) is 0 Å². The first kappa shape index (κ1) is 8.17. The number of benzene rings is 1. The monoisotopic (exact) mass is 174 g/mol. The third kappa shape index (κ3) is 1.28. The molecule has 0 radical (unpaired) electrons. The van der Waals surface area contributed by atoms with Crippen LogP contribution in [0.4, 0.5) is 11.4 Å². The Morgan fingerprint density at radius 1 is 1.38 bits per heavy atom. The lowest BCUT2D eigenvalue weighted by Gasteiger charge is -2.24. The summed E-state index contributed by atoms with van der Waals surface area (Å²) in [5.41, 5.74) is 3.88. The molecule has 2 nitrogen and oxygen atoms in total. The summed E-state index contributed by atoms with van der Waals surface area (Å²) in [6.45, 7) is 0. The van der Waals surface area contributed by atoms with E-state index >= 15 is 0 Å². The van der Waals surface area contributed by atoms with Gasteiger partial charge in [0.05, 0.1) is 11.4 Å². The van der Waals surface area contributed by atoms with Gasteiger partial charge in [0.15, 0.2) is 0 Å². The topological polar surface area (TPSA) is 15.3 Å². The molecule has 0 fully saturated rings. The summed E-state index contributed by atoms with van der Waals surface area (Å²) in [5.74, 6) is 0. The van der Waals surface area contributed by atoms with Gasteiger partial charge in [0.1, 0.15) is 0 Å². The average Bonchev–Trinajstić information content (AvgIpc) is 2.17. The fraction of sp³-hybridized carbons (Fsp3) is 0.273. The van der Waals surface area contributed by atoms with Crippen LogP contribution < -0.4 is 10.2 Å². The fourth-order valence-electron chi connectivity index (χ4n) is 1.79. The van der Waals surface area contributed by atoms with Crippen LogP contribution in [0.15, 0.2) is 30.5 Å². The van der Waals surface area contributed by atoms with Crippen molar-refractivity contribution in [1.29, 1.82) is 0 Å². The highest BCUT2D eigenvalue weighted by molar-refractivity contribution is 5.75. The maximum Gasteiger partial charge on any atom is 0.0674 e. The molecule has 0 atom stereocenters. The number of fused-ring (bicyclic) bond motifs is 1. The molecule has 2 rings (SSSR count). The third-order valence-corrected chi connectivity index (χ3v) is 2.41. The van der Waals surface area contributed by atoms with E-state index in [1.165, 1.54) is 16.9 Å². The highest BCUT2D eigenvalue weighted by Crippen LogP contribution is 2.32. The van der Waals surface area contributed by atoms with Gasteiger partial charge in [-0.3, -0.25) is 0 Å². The molecule has 1 aliphatic heterocycles. The molecule has 0 saturated heterocycles. The van der Waals surface area contributed by atoms with E-state index in [4.69, 9.17) is 0 Å². The number of hydrogen-bond acceptors (Lipinski definition) is 2. The standard InChI is InChI=1S/C11H14N2/c1-12-10-7-3-5-9-6-4-8-13(2)11(9)10/h3-5,7-8,12H,6H2,1-2H3. The molecule has 1 heterocycles. The molecule has 0 amide bonds. The number of para-hydroxylation sites is 1. The Morgan fingerprint density at radius 3 is 3.00 bits per heavy atom. The van der Waals surface area contributed by atoms with Crippen LogP contribution in [0.2, 0.25) is 0 Å². The Balaban J connectivity index is 2.54. The van der Waals surface area contributed by atoms with E-state index in [2.05, 4.69) is 47.7 Å². The second kappa shape index (κ2) is 3.13. The van der Waals surface area contributed by atoms with E-state index in [9.17, 15) is 0 Å². The molecular formula is C11H14N2. The summed E-state index contributed by atoms with van der Waals surface area (Å²) >= 11 is 0.